The molecule has 0 rings (SSSR count). The molecule has 1 unspecified atom stereocenters. The molecule has 0 spiro atoms. The number of rotatable bonds is 7. The molecule has 0 aliphatic carbocycles. The lowest BCUT2D eigenvalue weighted by Crippen LogP contribution is -2.03. The molecule has 1 atom stereocenters. The van der Waals surface area contributed by atoms with Gasteiger partial charge >= 0.3 is 0 Å². The van der Waals surface area contributed by atoms with E-state index in [0.717, 1.165) is 6.04 Å². The molecule has 0 aromatic carbocycles. The van der Waals surface area contributed by atoms with Gasteiger partial charge < -0.3 is 4.80 Å². The Kier molecular flexibility index (Phi) is 8.41. The lowest BCUT2D eigenvalue weighted by atomic mass is 10.1. The van der Waals surface area contributed by atoms with E-state index in [4.69, 9.17) is 4.80 Å². The third-order valence-corrected chi connectivity index (χ3v) is 3.22. The van der Waals surface area contributed by atoms with Crippen molar-refractivity contribution < 1.29 is 4.80 Å². The van der Waals surface area contributed by atoms with Gasteiger partial charge in [-0.3, -0.25) is 0 Å². The minimum absolute atomic E-state index is 1.12. The van der Waals surface area contributed by atoms with E-state index in [9.17, 15) is 0 Å². The van der Waals surface area contributed by atoms with E-state index in [0.29, 0.717) is 0 Å². The van der Waals surface area contributed by atoms with Gasteiger partial charge in [0.25, 0.3) is 0 Å². The molecule has 0 aliphatic heterocycles. The Balaban J connectivity index is 2.80. The van der Waals surface area contributed by atoms with Gasteiger partial charge in [-0.1, -0.05) is 45.4 Å². The van der Waals surface area contributed by atoms with E-state index in [1.807, 2.05) is 6.55 Å². The second-order valence-electron chi connectivity index (χ2n) is 3.41. The Morgan fingerprint density at radius 3 is 2.09 bits per heavy atom. The first-order valence-corrected chi connectivity index (χ1v) is 7.44. The summed E-state index contributed by atoms with van der Waals surface area (Å²) in [6.45, 7) is 4.24. The van der Waals surface area contributed by atoms with Crippen LogP contribution in [0.25, 0.3) is 0 Å². The van der Waals surface area contributed by atoms with Crippen molar-refractivity contribution >= 4 is 9.04 Å². The van der Waals surface area contributed by atoms with E-state index < -0.39 is 9.04 Å². The average molecular weight is 174 g/mol. The summed E-state index contributed by atoms with van der Waals surface area (Å²) >= 11 is 0. The molecular formula is C9H22OSi. The largest absolute Gasteiger partial charge is 0.435 e. The van der Waals surface area contributed by atoms with Crippen LogP contribution in [-0.2, 0) is 0 Å². The molecule has 1 nitrogen and oxygen atoms in total. The molecule has 0 heterocycles. The van der Waals surface area contributed by atoms with Crippen molar-refractivity contribution in [2.75, 3.05) is 0 Å². The summed E-state index contributed by atoms with van der Waals surface area (Å²) in [5.74, 6) is 0. The highest BCUT2D eigenvalue weighted by Crippen LogP contribution is 2.07. The van der Waals surface area contributed by atoms with Crippen LogP contribution in [-0.4, -0.2) is 13.8 Å². The average Bonchev–Trinajstić information content (AvgIpc) is 1.96. The van der Waals surface area contributed by atoms with E-state index in [2.05, 4.69) is 6.92 Å². The molecule has 0 radical (unpaired) electrons. The zero-order valence-electron chi connectivity index (χ0n) is 7.97. The second-order valence-corrected chi connectivity index (χ2v) is 5.68. The summed E-state index contributed by atoms with van der Waals surface area (Å²) in [4.78, 5) is 9.09. The molecule has 11 heavy (non-hydrogen) atoms. The number of hydrogen-bond acceptors (Lipinski definition) is 1. The van der Waals surface area contributed by atoms with Crippen molar-refractivity contribution in [2.24, 2.45) is 0 Å². The maximum Gasteiger partial charge on any atom is 0.169 e. The van der Waals surface area contributed by atoms with E-state index >= 15 is 0 Å². The summed E-state index contributed by atoms with van der Waals surface area (Å²) in [6, 6.07) is 1.12. The van der Waals surface area contributed by atoms with Gasteiger partial charge in [-0.05, 0) is 12.6 Å². The fourth-order valence-corrected chi connectivity index (χ4v) is 2.10. The fourth-order valence-electron chi connectivity index (χ4n) is 1.22. The molecule has 0 bridgehead atoms. The Labute approximate surface area is 72.6 Å². The summed E-state index contributed by atoms with van der Waals surface area (Å²) < 4.78 is 0. The number of unbranched alkanes of at least 4 members (excludes halogenated alkanes) is 5. The van der Waals surface area contributed by atoms with Crippen molar-refractivity contribution in [1.29, 1.82) is 0 Å². The molecule has 0 amide bonds. The van der Waals surface area contributed by atoms with Crippen LogP contribution in [0.5, 0.6) is 0 Å². The van der Waals surface area contributed by atoms with Crippen molar-refractivity contribution in [1.82, 2.24) is 0 Å². The summed E-state index contributed by atoms with van der Waals surface area (Å²) in [5, 5.41) is 0. The van der Waals surface area contributed by atoms with Crippen LogP contribution >= 0.6 is 0 Å². The minimum Gasteiger partial charge on any atom is -0.435 e. The topological polar surface area (TPSA) is 20.2 Å². The van der Waals surface area contributed by atoms with Crippen LogP contribution in [0.3, 0.4) is 0 Å². The first kappa shape index (κ1) is 11.2. The van der Waals surface area contributed by atoms with Crippen LogP contribution in [0.15, 0.2) is 0 Å². The molecule has 68 valence electrons. The molecule has 2 heteroatoms. The van der Waals surface area contributed by atoms with Crippen LogP contribution in [0.2, 0.25) is 12.6 Å². The smallest absolute Gasteiger partial charge is 0.169 e. The highest BCUT2D eigenvalue weighted by atomic mass is 28.3. The monoisotopic (exact) mass is 174 g/mol. The first-order chi connectivity index (χ1) is 5.27. The van der Waals surface area contributed by atoms with E-state index in [1.54, 1.807) is 0 Å². The predicted molar refractivity (Wildman–Crippen MR) is 53.4 cm³/mol. The molecule has 1 N–H and O–H groups in total. The SMILES string of the molecule is CCCCCCCC[SiH](C)O. The van der Waals surface area contributed by atoms with Gasteiger partial charge in [-0.2, -0.15) is 0 Å². The van der Waals surface area contributed by atoms with Gasteiger partial charge in [0.1, 0.15) is 0 Å². The minimum atomic E-state index is -1.23. The van der Waals surface area contributed by atoms with E-state index in [1.165, 1.54) is 38.5 Å². The van der Waals surface area contributed by atoms with Crippen molar-refractivity contribution in [3.63, 3.8) is 0 Å². The second kappa shape index (κ2) is 8.28. The van der Waals surface area contributed by atoms with Crippen molar-refractivity contribution in [3.8, 4) is 0 Å². The van der Waals surface area contributed by atoms with Gasteiger partial charge in [-0.15, -0.1) is 0 Å². The van der Waals surface area contributed by atoms with Gasteiger partial charge in [0, 0.05) is 0 Å². The van der Waals surface area contributed by atoms with Gasteiger partial charge in [0.15, 0.2) is 9.04 Å². The Morgan fingerprint density at radius 1 is 1.00 bits per heavy atom. The van der Waals surface area contributed by atoms with Crippen LogP contribution in [0, 0.1) is 0 Å². The first-order valence-electron chi connectivity index (χ1n) is 4.95. The molecule has 0 saturated carbocycles. The van der Waals surface area contributed by atoms with Crippen molar-refractivity contribution in [2.45, 2.75) is 58.0 Å². The van der Waals surface area contributed by atoms with Gasteiger partial charge in [0.05, 0.1) is 0 Å². The van der Waals surface area contributed by atoms with Crippen LogP contribution < -0.4 is 0 Å². The summed E-state index contributed by atoms with van der Waals surface area (Å²) in [5.41, 5.74) is 0. The van der Waals surface area contributed by atoms with Crippen molar-refractivity contribution in [3.05, 3.63) is 0 Å². The lowest BCUT2D eigenvalue weighted by Gasteiger charge is -2.01. The van der Waals surface area contributed by atoms with Gasteiger partial charge in [-0.25, -0.2) is 0 Å². The maximum absolute atomic E-state index is 9.09. The lowest BCUT2D eigenvalue weighted by molar-refractivity contribution is 0.561. The summed E-state index contributed by atoms with van der Waals surface area (Å²) in [6.07, 6.45) is 8.05. The molecule has 0 fully saturated rings. The zero-order valence-corrected chi connectivity index (χ0v) is 9.13. The maximum atomic E-state index is 9.09. The third-order valence-electron chi connectivity index (χ3n) is 1.98. The van der Waals surface area contributed by atoms with Gasteiger partial charge in [0.2, 0.25) is 0 Å². The predicted octanol–water partition coefficient (Wildman–Crippen LogP) is 2.69. The molecule has 0 aromatic rings. The molecule has 0 aromatic heterocycles. The van der Waals surface area contributed by atoms with E-state index in [-0.39, 0.29) is 0 Å². The third kappa shape index (κ3) is 10.2. The molecule has 0 aliphatic rings. The fraction of sp³-hybridized carbons (Fsp3) is 1.00. The van der Waals surface area contributed by atoms with Crippen LogP contribution in [0.4, 0.5) is 0 Å². The molecule has 0 saturated heterocycles. The summed E-state index contributed by atoms with van der Waals surface area (Å²) in [7, 11) is -1.23. The highest BCUT2D eigenvalue weighted by Gasteiger charge is 1.96. The Bertz CT molecular complexity index is 74.0. The standard InChI is InChI=1S/C9H22OSi/c1-3-4-5-6-7-8-9-11(2)10/h10-11H,3-9H2,1-2H3. The quantitative estimate of drug-likeness (QED) is 0.465. The normalized spacial score (nSPS) is 13.4. The molecular weight excluding hydrogens is 152 g/mol. The zero-order chi connectivity index (χ0) is 8.53. The Morgan fingerprint density at radius 2 is 1.55 bits per heavy atom. The highest BCUT2D eigenvalue weighted by molar-refractivity contribution is 6.48. The number of hydrogen-bond donors (Lipinski definition) is 1. The van der Waals surface area contributed by atoms with Crippen LogP contribution in [0.1, 0.15) is 45.4 Å². The Hall–Kier alpha value is 0.177.